The smallest absolute Gasteiger partial charge is 0.462 e. The van der Waals surface area contributed by atoms with Crippen molar-refractivity contribution in [3.63, 3.8) is 0 Å². The highest BCUT2D eigenvalue weighted by Gasteiger charge is 2.39. The number of para-hydroxylation sites is 1. The highest BCUT2D eigenvalue weighted by atomic mass is 32.1. The molecule has 0 unspecified atom stereocenters. The zero-order valence-corrected chi connectivity index (χ0v) is 24.0. The highest BCUT2D eigenvalue weighted by Crippen LogP contribution is 2.31. The van der Waals surface area contributed by atoms with Gasteiger partial charge in [0.05, 0.1) is 12.0 Å². The van der Waals surface area contributed by atoms with Crippen LogP contribution < -0.4 is 16.0 Å². The van der Waals surface area contributed by atoms with Crippen LogP contribution in [0.3, 0.4) is 0 Å². The summed E-state index contributed by atoms with van der Waals surface area (Å²) in [4.78, 5) is 53.6. The molecule has 0 aliphatic heterocycles. The van der Waals surface area contributed by atoms with Gasteiger partial charge in [-0.05, 0) is 72.1 Å². The van der Waals surface area contributed by atoms with Crippen LogP contribution in [0, 0.1) is 6.92 Å². The minimum Gasteiger partial charge on any atom is -0.462 e. The van der Waals surface area contributed by atoms with Crippen LogP contribution in [-0.2, 0) is 32.8 Å². The average Bonchev–Trinajstić information content (AvgIpc) is 3.15. The van der Waals surface area contributed by atoms with Gasteiger partial charge in [-0.15, -0.1) is 24.5 Å². The Morgan fingerprint density at radius 3 is 2.23 bits per heavy atom. The molecule has 9 nitrogen and oxygen atoms in total. The van der Waals surface area contributed by atoms with Gasteiger partial charge >= 0.3 is 24.0 Å². The predicted molar refractivity (Wildman–Crippen MR) is 143 cm³/mol. The van der Waals surface area contributed by atoms with Crippen LogP contribution in [0.2, 0.25) is 0 Å². The molecule has 0 amide bonds. The van der Waals surface area contributed by atoms with Crippen molar-refractivity contribution in [1.29, 1.82) is 0 Å². The number of aromatic nitrogens is 2. The summed E-state index contributed by atoms with van der Waals surface area (Å²) in [5, 5.41) is 0.0177. The minimum absolute atomic E-state index is 0.0177. The van der Waals surface area contributed by atoms with Crippen LogP contribution in [0.15, 0.2) is 33.9 Å². The summed E-state index contributed by atoms with van der Waals surface area (Å²) in [6, 6.07) is 5.49. The number of fused-ring (bicyclic) bond motifs is 1. The maximum Gasteiger partial charge on any atom is 0.573 e. The van der Waals surface area contributed by atoms with Crippen LogP contribution >= 0.6 is 11.3 Å². The lowest BCUT2D eigenvalue weighted by molar-refractivity contribution is -0.274. The molecule has 0 spiro atoms. The first kappa shape index (κ1) is 30.9. The fourth-order valence-electron chi connectivity index (χ4n) is 4.09. The topological polar surface area (TPSA) is 106 Å². The summed E-state index contributed by atoms with van der Waals surface area (Å²) >= 11 is 0.862. The van der Waals surface area contributed by atoms with E-state index < -0.39 is 46.4 Å². The molecule has 0 radical (unpaired) electrons. The SMILES string of the molecule is CCOC(=O)c1sc2c(c1C)c(=O)n(C(C)(C)C(=O)OC(C)(C)C)c(=O)n2CCc1ccccc1OC(F)(F)F. The Bertz CT molecular complexity index is 1560. The second-order valence-corrected chi connectivity index (χ2v) is 11.5. The molecule has 40 heavy (non-hydrogen) atoms. The summed E-state index contributed by atoms with van der Waals surface area (Å²) < 4.78 is 55.5. The van der Waals surface area contributed by atoms with Crippen LogP contribution in [-0.4, -0.2) is 39.6 Å². The third-order valence-corrected chi connectivity index (χ3v) is 7.23. The Kier molecular flexibility index (Phi) is 8.59. The number of rotatable bonds is 8. The normalized spacial score (nSPS) is 12.4. The van der Waals surface area contributed by atoms with Gasteiger partial charge in [0.15, 0.2) is 0 Å². The quantitative estimate of drug-likeness (QED) is 0.346. The number of esters is 2. The number of alkyl halides is 3. The standard InChI is InChI=1S/C27H31F3N2O7S/c1-8-37-22(34)19-15(2)18-20(33)32(26(6,7)23(35)39-25(3,4)5)24(36)31(21(18)40-19)14-13-16-11-9-10-12-17(16)38-27(28,29)30/h9-12H,8,13-14H2,1-7H3. The Labute approximate surface area is 232 Å². The van der Waals surface area contributed by atoms with Crippen LogP contribution in [0.1, 0.15) is 62.3 Å². The van der Waals surface area contributed by atoms with Gasteiger partial charge in [0.25, 0.3) is 5.56 Å². The molecule has 3 aromatic rings. The summed E-state index contributed by atoms with van der Waals surface area (Å²) in [7, 11) is 0. The van der Waals surface area contributed by atoms with E-state index >= 15 is 0 Å². The van der Waals surface area contributed by atoms with E-state index in [0.717, 1.165) is 22.0 Å². The van der Waals surface area contributed by atoms with E-state index in [1.165, 1.54) is 43.5 Å². The Morgan fingerprint density at radius 1 is 1.02 bits per heavy atom. The van der Waals surface area contributed by atoms with E-state index in [4.69, 9.17) is 9.47 Å². The number of nitrogens with zero attached hydrogens (tertiary/aromatic N) is 2. The molecule has 13 heteroatoms. The van der Waals surface area contributed by atoms with Crippen LogP contribution in [0.25, 0.3) is 10.2 Å². The molecular formula is C27H31F3N2O7S. The predicted octanol–water partition coefficient (Wildman–Crippen LogP) is 4.93. The maximum absolute atomic E-state index is 13.9. The average molecular weight is 585 g/mol. The van der Waals surface area contributed by atoms with E-state index in [9.17, 15) is 32.3 Å². The van der Waals surface area contributed by atoms with Gasteiger partial charge < -0.3 is 14.2 Å². The number of carbonyl (C=O) groups is 2. The van der Waals surface area contributed by atoms with Gasteiger partial charge in [0.1, 0.15) is 26.6 Å². The number of thiophene rings is 1. The molecule has 1 aromatic carbocycles. The van der Waals surface area contributed by atoms with E-state index in [0.29, 0.717) is 0 Å². The summed E-state index contributed by atoms with van der Waals surface area (Å²) in [5.74, 6) is -1.97. The molecule has 218 valence electrons. The van der Waals surface area contributed by atoms with E-state index in [-0.39, 0.29) is 45.8 Å². The van der Waals surface area contributed by atoms with E-state index in [1.807, 2.05) is 0 Å². The zero-order valence-electron chi connectivity index (χ0n) is 23.2. The van der Waals surface area contributed by atoms with Gasteiger partial charge in [0.2, 0.25) is 0 Å². The van der Waals surface area contributed by atoms with Crippen LogP contribution in [0.4, 0.5) is 13.2 Å². The monoisotopic (exact) mass is 584 g/mol. The number of carbonyl (C=O) groups excluding carboxylic acids is 2. The molecule has 0 fully saturated rings. The number of hydrogen-bond donors (Lipinski definition) is 0. The van der Waals surface area contributed by atoms with Crippen molar-refractivity contribution in [2.24, 2.45) is 0 Å². The van der Waals surface area contributed by atoms with Crippen molar-refractivity contribution in [2.45, 2.75) is 78.9 Å². The van der Waals surface area contributed by atoms with Crippen molar-refractivity contribution in [3.8, 4) is 5.75 Å². The first-order valence-corrected chi connectivity index (χ1v) is 13.2. The number of aryl methyl sites for hydroxylation is 3. The second-order valence-electron chi connectivity index (χ2n) is 10.5. The van der Waals surface area contributed by atoms with Gasteiger partial charge in [-0.25, -0.2) is 19.0 Å². The molecular weight excluding hydrogens is 553 g/mol. The molecule has 0 bridgehead atoms. The molecule has 0 atom stereocenters. The molecule has 0 saturated carbocycles. The number of halogens is 3. The zero-order chi connectivity index (χ0) is 30.2. The molecule has 3 rings (SSSR count). The number of benzene rings is 1. The first-order chi connectivity index (χ1) is 18.4. The van der Waals surface area contributed by atoms with Gasteiger partial charge in [0, 0.05) is 6.54 Å². The number of hydrogen-bond acceptors (Lipinski definition) is 8. The number of ether oxygens (including phenoxy) is 3. The Hall–Kier alpha value is -3.61. The van der Waals surface area contributed by atoms with Gasteiger partial charge in [-0.3, -0.25) is 9.36 Å². The van der Waals surface area contributed by atoms with Gasteiger partial charge in [-0.2, -0.15) is 0 Å². The van der Waals surface area contributed by atoms with Crippen molar-refractivity contribution in [3.05, 3.63) is 61.1 Å². The summed E-state index contributed by atoms with van der Waals surface area (Å²) in [6.07, 6.45) is -5.03. The third kappa shape index (κ3) is 6.40. The molecule has 2 heterocycles. The molecule has 2 aromatic heterocycles. The van der Waals surface area contributed by atoms with Crippen molar-refractivity contribution < 1.29 is 37.0 Å². The second kappa shape index (κ2) is 11.1. The first-order valence-electron chi connectivity index (χ1n) is 12.4. The fourth-order valence-corrected chi connectivity index (χ4v) is 5.30. The largest absolute Gasteiger partial charge is 0.573 e. The van der Waals surface area contributed by atoms with Crippen LogP contribution in [0.5, 0.6) is 5.75 Å². The fraction of sp³-hybridized carbons (Fsp3) is 0.481. The van der Waals surface area contributed by atoms with E-state index in [1.54, 1.807) is 27.7 Å². The van der Waals surface area contributed by atoms with Crippen molar-refractivity contribution in [2.75, 3.05) is 6.61 Å². The highest BCUT2D eigenvalue weighted by molar-refractivity contribution is 7.20. The molecule has 0 aliphatic rings. The van der Waals surface area contributed by atoms with E-state index in [2.05, 4.69) is 4.74 Å². The molecule has 0 N–H and O–H groups in total. The Balaban J connectivity index is 2.27. The minimum atomic E-state index is -4.93. The molecule has 0 aliphatic carbocycles. The Morgan fingerprint density at radius 2 is 1.65 bits per heavy atom. The summed E-state index contributed by atoms with van der Waals surface area (Å²) in [6.45, 7) is 10.7. The third-order valence-electron chi connectivity index (χ3n) is 5.93. The summed E-state index contributed by atoms with van der Waals surface area (Å²) in [5.41, 5.74) is -3.97. The van der Waals surface area contributed by atoms with Gasteiger partial charge in [-0.1, -0.05) is 18.2 Å². The maximum atomic E-state index is 13.9. The lowest BCUT2D eigenvalue weighted by Crippen LogP contribution is -2.54. The lowest BCUT2D eigenvalue weighted by Gasteiger charge is -2.30. The lowest BCUT2D eigenvalue weighted by atomic mass is 10.0. The molecule has 0 saturated heterocycles. The van der Waals surface area contributed by atoms with Crippen molar-refractivity contribution in [1.82, 2.24) is 9.13 Å². The van der Waals surface area contributed by atoms with Crippen molar-refractivity contribution >= 4 is 33.5 Å².